The highest BCUT2D eigenvalue weighted by atomic mass is 19.4. The van der Waals surface area contributed by atoms with Crippen molar-refractivity contribution in [3.63, 3.8) is 0 Å². The average Bonchev–Trinajstić information content (AvgIpc) is 3.50. The molecule has 0 unspecified atom stereocenters. The number of anilines is 1. The monoisotopic (exact) mass is 435 g/mol. The van der Waals surface area contributed by atoms with Gasteiger partial charge in [0.25, 0.3) is 0 Å². The molecular formula is C22H17BF3N5O. The third-order valence-electron chi connectivity index (χ3n) is 5.51. The molecule has 0 atom stereocenters. The summed E-state index contributed by atoms with van der Waals surface area (Å²) in [5.74, 6) is -0.109. The van der Waals surface area contributed by atoms with Crippen LogP contribution in [-0.2, 0) is 23.2 Å². The van der Waals surface area contributed by atoms with Crippen molar-refractivity contribution in [2.45, 2.75) is 37.4 Å². The lowest BCUT2D eigenvalue weighted by Crippen LogP contribution is -2.28. The molecule has 1 aliphatic rings. The number of hydrogen-bond acceptors (Lipinski definition) is 4. The Kier molecular flexibility index (Phi) is 5.51. The fourth-order valence-corrected chi connectivity index (χ4v) is 3.53. The molecule has 0 aliphatic heterocycles. The van der Waals surface area contributed by atoms with Crippen LogP contribution in [0.2, 0.25) is 0 Å². The van der Waals surface area contributed by atoms with E-state index in [0.717, 1.165) is 0 Å². The highest BCUT2D eigenvalue weighted by Crippen LogP contribution is 2.58. The normalized spacial score (nSPS) is 14.6. The smallest absolute Gasteiger partial charge is 0.309 e. The molecule has 3 aromatic rings. The molecule has 160 valence electrons. The Bertz CT molecular complexity index is 1180. The third-order valence-corrected chi connectivity index (χ3v) is 5.51. The predicted molar refractivity (Wildman–Crippen MR) is 111 cm³/mol. The lowest BCUT2D eigenvalue weighted by molar-refractivity contribution is -0.160. The van der Waals surface area contributed by atoms with Gasteiger partial charge in [-0.15, -0.1) is 0 Å². The Morgan fingerprint density at radius 3 is 2.50 bits per heavy atom. The van der Waals surface area contributed by atoms with E-state index < -0.39 is 11.6 Å². The second kappa shape index (κ2) is 8.15. The van der Waals surface area contributed by atoms with Gasteiger partial charge in [0.05, 0.1) is 29.6 Å². The summed E-state index contributed by atoms with van der Waals surface area (Å²) in [6.07, 6.45) is -2.64. The third kappa shape index (κ3) is 4.37. The van der Waals surface area contributed by atoms with Gasteiger partial charge in [-0.05, 0) is 47.8 Å². The largest absolute Gasteiger partial charge is 0.398 e. The highest BCUT2D eigenvalue weighted by Gasteiger charge is 2.64. The van der Waals surface area contributed by atoms with E-state index in [0.29, 0.717) is 22.4 Å². The Balaban J connectivity index is 1.37. The molecule has 2 aromatic heterocycles. The van der Waals surface area contributed by atoms with Crippen molar-refractivity contribution >= 4 is 25.2 Å². The number of rotatable bonds is 6. The molecule has 0 saturated heterocycles. The van der Waals surface area contributed by atoms with E-state index in [1.165, 1.54) is 29.1 Å². The fourth-order valence-electron chi connectivity index (χ4n) is 3.53. The number of pyridine rings is 1. The van der Waals surface area contributed by atoms with Crippen molar-refractivity contribution in [3.05, 3.63) is 71.0 Å². The van der Waals surface area contributed by atoms with Crippen molar-refractivity contribution in [2.75, 3.05) is 5.32 Å². The minimum Gasteiger partial charge on any atom is -0.309 e. The molecule has 1 saturated carbocycles. The molecule has 1 fully saturated rings. The Morgan fingerprint density at radius 2 is 1.94 bits per heavy atom. The molecule has 1 N–H and O–H groups in total. The van der Waals surface area contributed by atoms with Gasteiger partial charge in [0.2, 0.25) is 5.91 Å². The van der Waals surface area contributed by atoms with Crippen LogP contribution in [0, 0.1) is 11.3 Å². The summed E-state index contributed by atoms with van der Waals surface area (Å²) >= 11 is 0. The van der Waals surface area contributed by atoms with Crippen LogP contribution >= 0.6 is 0 Å². The standard InChI is InChI=1S/C22H17BF3N5O/c23-18-10-19(30-31(18)13-17-6-3-15(11-27)12-28-17)29-20(32)9-14-1-4-16(5-2-14)21(7-8-21)22(24,25)26/h1-6,10,12H,7-9,13H2,(H,29,30,32). The first-order valence-corrected chi connectivity index (χ1v) is 9.84. The maximum Gasteiger partial charge on any atom is 0.398 e. The lowest BCUT2D eigenvalue weighted by atomic mass is 9.94. The number of nitrogens with zero attached hydrogens (tertiary/aromatic N) is 4. The zero-order valence-corrected chi connectivity index (χ0v) is 16.9. The molecule has 0 spiro atoms. The maximum absolute atomic E-state index is 13.2. The van der Waals surface area contributed by atoms with Gasteiger partial charge in [0.1, 0.15) is 13.9 Å². The summed E-state index contributed by atoms with van der Waals surface area (Å²) in [6.45, 7) is 0.260. The van der Waals surface area contributed by atoms with E-state index in [2.05, 4.69) is 15.4 Å². The van der Waals surface area contributed by atoms with Crippen LogP contribution in [0.3, 0.4) is 0 Å². The van der Waals surface area contributed by atoms with Gasteiger partial charge in [0, 0.05) is 6.20 Å². The summed E-state index contributed by atoms with van der Waals surface area (Å²) in [6, 6.07) is 12.8. The average molecular weight is 435 g/mol. The number of hydrogen-bond donors (Lipinski definition) is 1. The summed E-state index contributed by atoms with van der Waals surface area (Å²) in [7, 11) is 5.95. The van der Waals surface area contributed by atoms with Crippen molar-refractivity contribution in [1.82, 2.24) is 14.8 Å². The van der Waals surface area contributed by atoms with Gasteiger partial charge in [-0.3, -0.25) is 14.5 Å². The number of carbonyl (C=O) groups excluding carboxylic acids is 1. The summed E-state index contributed by atoms with van der Waals surface area (Å²) < 4.78 is 41.2. The summed E-state index contributed by atoms with van der Waals surface area (Å²) in [5.41, 5.74) is 0.494. The van der Waals surface area contributed by atoms with Crippen LogP contribution in [0.5, 0.6) is 0 Å². The summed E-state index contributed by atoms with van der Waals surface area (Å²) in [5, 5.41) is 15.7. The van der Waals surface area contributed by atoms with Crippen molar-refractivity contribution in [3.8, 4) is 6.07 Å². The Morgan fingerprint density at radius 1 is 1.22 bits per heavy atom. The number of halogens is 3. The minimum atomic E-state index is -4.27. The number of aromatic nitrogens is 3. The van der Waals surface area contributed by atoms with Gasteiger partial charge >= 0.3 is 6.18 Å². The highest BCUT2D eigenvalue weighted by molar-refractivity contribution is 6.31. The van der Waals surface area contributed by atoms with Crippen LogP contribution in [-0.4, -0.2) is 34.7 Å². The molecular weight excluding hydrogens is 418 g/mol. The van der Waals surface area contributed by atoms with Crippen LogP contribution in [0.15, 0.2) is 48.7 Å². The molecule has 1 aliphatic carbocycles. The van der Waals surface area contributed by atoms with E-state index in [9.17, 15) is 18.0 Å². The number of amides is 1. The van der Waals surface area contributed by atoms with Crippen molar-refractivity contribution < 1.29 is 18.0 Å². The number of nitrogens with one attached hydrogen (secondary N) is 1. The van der Waals surface area contributed by atoms with E-state index in [1.807, 2.05) is 6.07 Å². The number of nitriles is 1. The molecule has 2 heterocycles. The summed E-state index contributed by atoms with van der Waals surface area (Å²) in [4.78, 5) is 16.5. The van der Waals surface area contributed by atoms with E-state index >= 15 is 0 Å². The first-order chi connectivity index (χ1) is 15.2. The van der Waals surface area contributed by atoms with E-state index in [1.54, 1.807) is 24.3 Å². The Hall–Kier alpha value is -3.61. The first kappa shape index (κ1) is 21.6. The van der Waals surface area contributed by atoms with Gasteiger partial charge in [-0.1, -0.05) is 24.3 Å². The first-order valence-electron chi connectivity index (χ1n) is 9.84. The molecule has 10 heteroatoms. The molecule has 1 aromatic carbocycles. The van der Waals surface area contributed by atoms with E-state index in [-0.39, 0.29) is 43.1 Å². The van der Waals surface area contributed by atoms with Gasteiger partial charge in [-0.2, -0.15) is 23.5 Å². The SMILES string of the molecule is [B]c1cc(NC(=O)Cc2ccc(C3(C(F)(F)F)CC3)cc2)nn1Cc1ccc(C#N)cn1. The number of benzene rings is 1. The zero-order valence-electron chi connectivity index (χ0n) is 16.9. The van der Waals surface area contributed by atoms with Crippen LogP contribution < -0.4 is 10.9 Å². The number of carbonyl (C=O) groups is 1. The maximum atomic E-state index is 13.2. The second-order valence-corrected chi connectivity index (χ2v) is 7.76. The van der Waals surface area contributed by atoms with Crippen molar-refractivity contribution in [2.24, 2.45) is 0 Å². The Labute approximate surface area is 183 Å². The quantitative estimate of drug-likeness (QED) is 0.604. The fraction of sp³-hybridized carbons (Fsp3) is 0.273. The van der Waals surface area contributed by atoms with E-state index in [4.69, 9.17) is 13.1 Å². The van der Waals surface area contributed by atoms with Crippen molar-refractivity contribution in [1.29, 1.82) is 5.26 Å². The van der Waals surface area contributed by atoms with Crippen LogP contribution in [0.25, 0.3) is 0 Å². The molecule has 2 radical (unpaired) electrons. The van der Waals surface area contributed by atoms with Gasteiger partial charge < -0.3 is 5.32 Å². The topological polar surface area (TPSA) is 83.6 Å². The van der Waals surface area contributed by atoms with Crippen LogP contribution in [0.1, 0.15) is 35.2 Å². The molecule has 32 heavy (non-hydrogen) atoms. The van der Waals surface area contributed by atoms with Gasteiger partial charge in [0.15, 0.2) is 5.82 Å². The van der Waals surface area contributed by atoms with Crippen LogP contribution in [0.4, 0.5) is 19.0 Å². The van der Waals surface area contributed by atoms with Gasteiger partial charge in [-0.25, -0.2) is 0 Å². The minimum absolute atomic E-state index is 0.0107. The molecule has 1 amide bonds. The predicted octanol–water partition coefficient (Wildman–Crippen LogP) is 2.77. The zero-order chi connectivity index (χ0) is 22.9. The number of alkyl halides is 3. The second-order valence-electron chi connectivity index (χ2n) is 7.76. The molecule has 0 bridgehead atoms. The lowest BCUT2D eigenvalue weighted by Gasteiger charge is -2.19. The molecule has 6 nitrogen and oxygen atoms in total. The molecule has 4 rings (SSSR count).